The molecule has 0 saturated heterocycles. The molecule has 0 spiro atoms. The number of rotatable bonds is 5. The number of anilines is 1. The van der Waals surface area contributed by atoms with Crippen molar-refractivity contribution in [3.63, 3.8) is 0 Å². The van der Waals surface area contributed by atoms with Crippen LogP contribution in [0.1, 0.15) is 6.92 Å². The van der Waals surface area contributed by atoms with Gasteiger partial charge in [0.05, 0.1) is 5.69 Å². The van der Waals surface area contributed by atoms with Crippen LogP contribution in [-0.4, -0.2) is 31.6 Å². The van der Waals surface area contributed by atoms with Crippen LogP contribution in [0, 0.1) is 0 Å². The second kappa shape index (κ2) is 6.48. The van der Waals surface area contributed by atoms with Crippen molar-refractivity contribution >= 4 is 17.5 Å². The van der Waals surface area contributed by atoms with Crippen LogP contribution in [0.5, 0.6) is 0 Å². The number of amides is 2. The average molecular weight is 302 g/mol. The number of nitrogens with zero attached hydrogens (tertiary/aromatic N) is 4. The maximum Gasteiger partial charge on any atom is 0.368 e. The lowest BCUT2D eigenvalue weighted by Crippen LogP contribution is -2.30. The summed E-state index contributed by atoms with van der Waals surface area (Å²) in [6.07, 6.45) is 3.02. The van der Waals surface area contributed by atoms with Crippen molar-refractivity contribution in [3.05, 3.63) is 46.9 Å². The predicted octanol–water partition coefficient (Wildman–Crippen LogP) is -0.571. The summed E-state index contributed by atoms with van der Waals surface area (Å²) in [4.78, 5) is 34.2. The molecule has 1 aromatic heterocycles. The first kappa shape index (κ1) is 15.2. The lowest BCUT2D eigenvalue weighted by molar-refractivity contribution is -0.118. The number of hydrogen-bond acceptors (Lipinski definition) is 5. The van der Waals surface area contributed by atoms with Gasteiger partial charge in [-0.05, 0) is 47.7 Å². The van der Waals surface area contributed by atoms with Gasteiger partial charge in [-0.1, -0.05) is 6.08 Å². The summed E-state index contributed by atoms with van der Waals surface area (Å²) < 4.78 is 1.89. The number of carbonyl (C=O) groups excluding carboxylic acids is 2. The lowest BCUT2D eigenvalue weighted by Gasteiger charge is -2.03. The third kappa shape index (κ3) is 3.45. The predicted molar refractivity (Wildman–Crippen MR) is 78.3 cm³/mol. The molecule has 0 fully saturated rings. The van der Waals surface area contributed by atoms with Gasteiger partial charge in [-0.3, -0.25) is 9.59 Å². The van der Waals surface area contributed by atoms with E-state index in [-0.39, 0.29) is 12.5 Å². The molecule has 0 radical (unpaired) electrons. The number of allylic oxidation sites excluding steroid dienone is 1. The molecular weight excluding hydrogens is 288 g/mol. The Morgan fingerprint density at radius 2 is 1.95 bits per heavy atom. The van der Waals surface area contributed by atoms with Crippen molar-refractivity contribution < 1.29 is 9.59 Å². The first-order chi connectivity index (χ1) is 10.5. The van der Waals surface area contributed by atoms with Crippen molar-refractivity contribution in [1.29, 1.82) is 0 Å². The molecule has 1 heterocycles. The highest BCUT2D eigenvalue weighted by Crippen LogP contribution is 2.11. The van der Waals surface area contributed by atoms with E-state index in [1.807, 2.05) is 0 Å². The molecule has 0 aliphatic heterocycles. The molecule has 22 heavy (non-hydrogen) atoms. The molecule has 3 N–H and O–H groups in total. The minimum atomic E-state index is -0.684. The quantitative estimate of drug-likeness (QED) is 0.715. The summed E-state index contributed by atoms with van der Waals surface area (Å²) in [5.41, 5.74) is 5.45. The molecule has 0 aliphatic rings. The van der Waals surface area contributed by atoms with Gasteiger partial charge in [0.15, 0.2) is 0 Å². The van der Waals surface area contributed by atoms with Gasteiger partial charge in [0.25, 0.3) is 0 Å². The molecule has 0 saturated carbocycles. The fourth-order valence-corrected chi connectivity index (χ4v) is 1.70. The van der Waals surface area contributed by atoms with E-state index in [1.54, 1.807) is 37.3 Å². The molecule has 1 aromatic carbocycles. The van der Waals surface area contributed by atoms with Gasteiger partial charge < -0.3 is 11.1 Å². The molecule has 9 nitrogen and oxygen atoms in total. The monoisotopic (exact) mass is 302 g/mol. The maximum atomic E-state index is 12.0. The van der Waals surface area contributed by atoms with E-state index < -0.39 is 11.6 Å². The summed E-state index contributed by atoms with van der Waals surface area (Å²) in [5, 5.41) is 9.89. The molecule has 2 aromatic rings. The smallest absolute Gasteiger partial charge is 0.368 e. The summed E-state index contributed by atoms with van der Waals surface area (Å²) in [6.45, 7) is 1.40. The Morgan fingerprint density at radius 3 is 2.55 bits per heavy atom. The van der Waals surface area contributed by atoms with Crippen molar-refractivity contribution in [1.82, 2.24) is 19.8 Å². The Balaban J connectivity index is 2.21. The zero-order chi connectivity index (χ0) is 16.1. The first-order valence-electron chi connectivity index (χ1n) is 6.36. The largest absolute Gasteiger partial charge is 0.368 e. The summed E-state index contributed by atoms with van der Waals surface area (Å²) >= 11 is 0. The molecular formula is C13H14N6O3. The van der Waals surface area contributed by atoms with Gasteiger partial charge in [-0.25, -0.2) is 4.79 Å². The summed E-state index contributed by atoms with van der Waals surface area (Å²) in [7, 11) is 0. The minimum absolute atomic E-state index is 0.250. The van der Waals surface area contributed by atoms with Gasteiger partial charge in [0.2, 0.25) is 11.8 Å². The Kier molecular flexibility index (Phi) is 4.47. The Labute approximate surface area is 125 Å². The van der Waals surface area contributed by atoms with E-state index in [1.165, 1.54) is 6.08 Å². The zero-order valence-electron chi connectivity index (χ0n) is 11.8. The lowest BCUT2D eigenvalue weighted by atomic mass is 10.3. The van der Waals surface area contributed by atoms with Crippen LogP contribution >= 0.6 is 0 Å². The van der Waals surface area contributed by atoms with Crippen LogP contribution in [0.4, 0.5) is 5.69 Å². The van der Waals surface area contributed by atoms with Crippen LogP contribution in [0.15, 0.2) is 41.2 Å². The molecule has 0 unspecified atom stereocenters. The number of tetrazole rings is 1. The van der Waals surface area contributed by atoms with E-state index in [2.05, 4.69) is 15.7 Å². The number of hydrogen-bond donors (Lipinski definition) is 2. The Bertz CT molecular complexity index is 772. The molecule has 9 heteroatoms. The van der Waals surface area contributed by atoms with Crippen LogP contribution in [0.25, 0.3) is 5.69 Å². The van der Waals surface area contributed by atoms with Gasteiger partial charge in [0.1, 0.15) is 6.54 Å². The Morgan fingerprint density at radius 1 is 1.27 bits per heavy atom. The van der Waals surface area contributed by atoms with Gasteiger partial charge in [-0.15, -0.1) is 0 Å². The number of primary amides is 1. The van der Waals surface area contributed by atoms with Gasteiger partial charge in [0, 0.05) is 5.69 Å². The molecule has 0 bridgehead atoms. The van der Waals surface area contributed by atoms with E-state index in [4.69, 9.17) is 5.73 Å². The second-order valence-electron chi connectivity index (χ2n) is 4.33. The van der Waals surface area contributed by atoms with E-state index >= 15 is 0 Å². The van der Waals surface area contributed by atoms with Crippen molar-refractivity contribution in [2.24, 2.45) is 5.73 Å². The highest BCUT2D eigenvalue weighted by Gasteiger charge is 2.10. The van der Waals surface area contributed by atoms with E-state index in [0.29, 0.717) is 11.4 Å². The van der Waals surface area contributed by atoms with Crippen LogP contribution in [-0.2, 0) is 16.1 Å². The Hall–Kier alpha value is -3.23. The summed E-state index contributed by atoms with van der Waals surface area (Å²) in [5.74, 6) is -0.934. The number of nitrogens with one attached hydrogen (secondary N) is 1. The molecule has 2 amide bonds. The third-order valence-corrected chi connectivity index (χ3v) is 2.64. The third-order valence-electron chi connectivity index (χ3n) is 2.64. The van der Waals surface area contributed by atoms with Crippen LogP contribution < -0.4 is 16.7 Å². The van der Waals surface area contributed by atoms with Gasteiger partial charge >= 0.3 is 5.69 Å². The van der Waals surface area contributed by atoms with Gasteiger partial charge in [-0.2, -0.15) is 9.36 Å². The van der Waals surface area contributed by atoms with Crippen LogP contribution in [0.2, 0.25) is 0 Å². The second-order valence-corrected chi connectivity index (χ2v) is 4.33. The number of carbonyl (C=O) groups is 2. The molecule has 0 aliphatic carbocycles. The molecule has 114 valence electrons. The number of nitrogens with two attached hydrogens (primary N) is 1. The normalized spacial score (nSPS) is 10.8. The average Bonchev–Trinajstić information content (AvgIpc) is 2.81. The first-order valence-corrected chi connectivity index (χ1v) is 6.36. The fraction of sp³-hybridized carbons (Fsp3) is 0.154. The minimum Gasteiger partial charge on any atom is -0.368 e. The molecule has 0 atom stereocenters. The standard InChI is InChI=1S/C13H14N6O3/c1-2-3-12(21)15-9-4-6-10(7-5-9)19-13(22)18(16-17-19)8-11(14)20/h2-7H,8H2,1H3,(H2,14,20)(H,15,21)/b3-2+. The van der Waals surface area contributed by atoms with Crippen molar-refractivity contribution in [2.75, 3.05) is 5.32 Å². The molecule has 2 rings (SSSR count). The number of aromatic nitrogens is 4. The zero-order valence-corrected chi connectivity index (χ0v) is 11.8. The fourth-order valence-electron chi connectivity index (χ4n) is 1.70. The maximum absolute atomic E-state index is 12.0. The highest BCUT2D eigenvalue weighted by molar-refractivity contribution is 5.99. The summed E-state index contributed by atoms with van der Waals surface area (Å²) in [6, 6.07) is 6.43. The van der Waals surface area contributed by atoms with E-state index in [0.717, 1.165) is 9.36 Å². The van der Waals surface area contributed by atoms with Crippen molar-refractivity contribution in [3.8, 4) is 5.69 Å². The highest BCUT2D eigenvalue weighted by atomic mass is 16.2. The van der Waals surface area contributed by atoms with Crippen LogP contribution in [0.3, 0.4) is 0 Å². The SMILES string of the molecule is C/C=C/C(=O)Nc1ccc(-n2nnn(CC(N)=O)c2=O)cc1. The van der Waals surface area contributed by atoms with Crippen molar-refractivity contribution in [2.45, 2.75) is 13.5 Å². The topological polar surface area (TPSA) is 125 Å². The van der Waals surface area contributed by atoms with E-state index in [9.17, 15) is 14.4 Å². The number of benzene rings is 1.